The molecule has 4 nitrogen and oxygen atoms in total. The summed E-state index contributed by atoms with van der Waals surface area (Å²) >= 11 is 1.98. The molecule has 0 spiro atoms. The zero-order valence-electron chi connectivity index (χ0n) is 18.9. The van der Waals surface area contributed by atoms with Crippen molar-refractivity contribution in [1.29, 1.82) is 0 Å². The van der Waals surface area contributed by atoms with Crippen molar-refractivity contribution in [3.63, 3.8) is 0 Å². The van der Waals surface area contributed by atoms with E-state index in [4.69, 9.17) is 4.74 Å². The second kappa shape index (κ2) is 13.9. The van der Waals surface area contributed by atoms with E-state index in [2.05, 4.69) is 32.1 Å². The molecule has 0 radical (unpaired) electrons. The molecular weight excluding hydrogens is 394 g/mol. The highest BCUT2D eigenvalue weighted by Crippen LogP contribution is 2.31. The molecule has 1 saturated carbocycles. The van der Waals surface area contributed by atoms with Crippen LogP contribution in [0.15, 0.2) is 29.8 Å². The van der Waals surface area contributed by atoms with Gasteiger partial charge in [-0.3, -0.25) is 9.69 Å². The first-order valence-corrected chi connectivity index (χ1v) is 12.6. The van der Waals surface area contributed by atoms with Gasteiger partial charge in [0.05, 0.1) is 13.0 Å². The average Bonchev–Trinajstić information content (AvgIpc) is 2.76. The van der Waals surface area contributed by atoms with Gasteiger partial charge in [0, 0.05) is 24.1 Å². The van der Waals surface area contributed by atoms with Gasteiger partial charge < -0.3 is 9.84 Å². The minimum Gasteiger partial charge on any atom is -0.466 e. The van der Waals surface area contributed by atoms with E-state index in [0.717, 1.165) is 29.9 Å². The minimum absolute atomic E-state index is 0.202. The van der Waals surface area contributed by atoms with E-state index in [-0.39, 0.29) is 5.97 Å². The van der Waals surface area contributed by atoms with Gasteiger partial charge in [-0.1, -0.05) is 56.5 Å². The summed E-state index contributed by atoms with van der Waals surface area (Å²) in [5.41, 5.74) is 3.38. The van der Waals surface area contributed by atoms with Crippen LogP contribution in [0.5, 0.6) is 0 Å². The summed E-state index contributed by atoms with van der Waals surface area (Å²) in [5, 5.41) is 12.0. The maximum atomic E-state index is 11.9. The van der Waals surface area contributed by atoms with Crippen molar-refractivity contribution in [3.8, 4) is 0 Å². The van der Waals surface area contributed by atoms with Gasteiger partial charge in [-0.25, -0.2) is 0 Å². The first-order chi connectivity index (χ1) is 14.5. The molecule has 1 N–H and O–H groups in total. The van der Waals surface area contributed by atoms with Gasteiger partial charge in [0.1, 0.15) is 6.23 Å². The number of nitrogens with zero attached hydrogens (tertiary/aromatic N) is 1. The molecule has 5 heteroatoms. The molecule has 1 unspecified atom stereocenters. The standard InChI is InChI=1S/C25H39NO3S/c1-4-16-26(17-15-24(27)29-5-2)25(28)22(18-21-12-10-9-11-20(21)3)19-30-23-13-7-6-8-14-23/h9-12,18,23,25,28H,4-8,13-17,19H2,1-3H3/b22-18+. The van der Waals surface area contributed by atoms with E-state index in [1.54, 1.807) is 0 Å². The first kappa shape index (κ1) is 25.0. The van der Waals surface area contributed by atoms with Crippen LogP contribution in [-0.4, -0.2) is 52.9 Å². The molecule has 0 aromatic heterocycles. The Bertz CT molecular complexity index is 670. The summed E-state index contributed by atoms with van der Waals surface area (Å²) in [6.45, 7) is 7.68. The van der Waals surface area contributed by atoms with Crippen LogP contribution in [-0.2, 0) is 9.53 Å². The number of aliphatic hydroxyl groups excluding tert-OH is 1. The molecule has 0 bridgehead atoms. The van der Waals surface area contributed by atoms with Gasteiger partial charge in [-0.05, 0) is 49.8 Å². The third-order valence-corrected chi connectivity index (χ3v) is 7.11. The molecule has 1 atom stereocenters. The van der Waals surface area contributed by atoms with Gasteiger partial charge in [0.15, 0.2) is 0 Å². The van der Waals surface area contributed by atoms with Crippen molar-refractivity contribution >= 4 is 23.8 Å². The van der Waals surface area contributed by atoms with Gasteiger partial charge in [0.2, 0.25) is 0 Å². The van der Waals surface area contributed by atoms with Crippen LogP contribution in [0.4, 0.5) is 0 Å². The van der Waals surface area contributed by atoms with Crippen LogP contribution < -0.4 is 0 Å². The van der Waals surface area contributed by atoms with E-state index in [1.165, 1.54) is 37.7 Å². The van der Waals surface area contributed by atoms with E-state index in [1.807, 2.05) is 35.7 Å². The Morgan fingerprint density at radius 2 is 1.97 bits per heavy atom. The summed E-state index contributed by atoms with van der Waals surface area (Å²) < 4.78 is 5.08. The van der Waals surface area contributed by atoms with Crippen molar-refractivity contribution in [2.75, 3.05) is 25.4 Å². The predicted molar refractivity (Wildman–Crippen MR) is 128 cm³/mol. The van der Waals surface area contributed by atoms with Crippen molar-refractivity contribution in [2.45, 2.75) is 77.2 Å². The molecule has 1 aliphatic rings. The fourth-order valence-electron chi connectivity index (χ4n) is 3.93. The van der Waals surface area contributed by atoms with Crippen LogP contribution >= 0.6 is 11.8 Å². The fourth-order valence-corrected chi connectivity index (χ4v) is 5.26. The molecular formula is C25H39NO3S. The van der Waals surface area contributed by atoms with Crippen LogP contribution in [0, 0.1) is 6.92 Å². The van der Waals surface area contributed by atoms with Crippen LogP contribution in [0.3, 0.4) is 0 Å². The number of hydrogen-bond acceptors (Lipinski definition) is 5. The number of thioether (sulfide) groups is 1. The minimum atomic E-state index is -0.685. The quantitative estimate of drug-likeness (QED) is 0.352. The Balaban J connectivity index is 2.16. The number of carbonyl (C=O) groups excluding carboxylic acids is 1. The monoisotopic (exact) mass is 433 g/mol. The van der Waals surface area contributed by atoms with Crippen molar-refractivity contribution < 1.29 is 14.6 Å². The highest BCUT2D eigenvalue weighted by Gasteiger charge is 2.23. The summed E-state index contributed by atoms with van der Waals surface area (Å²) in [5.74, 6) is 0.617. The Kier molecular flexibility index (Phi) is 11.6. The number of esters is 1. The predicted octanol–water partition coefficient (Wildman–Crippen LogP) is 5.43. The smallest absolute Gasteiger partial charge is 0.307 e. The molecule has 2 rings (SSSR count). The van der Waals surface area contributed by atoms with E-state index in [0.29, 0.717) is 24.8 Å². The summed E-state index contributed by atoms with van der Waals surface area (Å²) in [6, 6.07) is 8.30. The third kappa shape index (κ3) is 8.44. The highest BCUT2D eigenvalue weighted by molar-refractivity contribution is 8.00. The second-order valence-corrected chi connectivity index (χ2v) is 9.40. The molecule has 168 valence electrons. The molecule has 1 aromatic rings. The SMILES string of the molecule is CCCN(CCC(=O)OCC)C(O)/C(=C/c1ccccc1C)CSC1CCCCC1. The third-order valence-electron chi connectivity index (χ3n) is 5.66. The first-order valence-electron chi connectivity index (χ1n) is 11.5. The number of aliphatic hydroxyl groups is 1. The number of benzene rings is 1. The average molecular weight is 434 g/mol. The van der Waals surface area contributed by atoms with Crippen molar-refractivity contribution in [1.82, 2.24) is 4.90 Å². The summed E-state index contributed by atoms with van der Waals surface area (Å²) in [7, 11) is 0. The number of carbonyl (C=O) groups is 1. The second-order valence-electron chi connectivity index (χ2n) is 8.11. The van der Waals surface area contributed by atoms with Gasteiger partial charge in [-0.15, -0.1) is 0 Å². The topological polar surface area (TPSA) is 49.8 Å². The Hall–Kier alpha value is -1.30. The Morgan fingerprint density at radius 1 is 1.23 bits per heavy atom. The normalized spacial score (nSPS) is 16.6. The number of hydrogen-bond donors (Lipinski definition) is 1. The van der Waals surface area contributed by atoms with E-state index < -0.39 is 6.23 Å². The van der Waals surface area contributed by atoms with E-state index in [9.17, 15) is 9.90 Å². The molecule has 0 saturated heterocycles. The molecule has 30 heavy (non-hydrogen) atoms. The lowest BCUT2D eigenvalue weighted by atomic mass is 10.0. The van der Waals surface area contributed by atoms with Gasteiger partial charge >= 0.3 is 5.97 Å². The molecule has 1 aromatic carbocycles. The summed E-state index contributed by atoms with van der Waals surface area (Å²) in [4.78, 5) is 13.9. The van der Waals surface area contributed by atoms with Crippen LogP contribution in [0.25, 0.3) is 6.08 Å². The van der Waals surface area contributed by atoms with Gasteiger partial charge in [-0.2, -0.15) is 11.8 Å². The molecule has 0 heterocycles. The summed E-state index contributed by atoms with van der Waals surface area (Å²) in [6.07, 6.45) is 9.24. The fraction of sp³-hybridized carbons (Fsp3) is 0.640. The zero-order valence-corrected chi connectivity index (χ0v) is 19.8. The molecule has 0 aliphatic heterocycles. The Morgan fingerprint density at radius 3 is 2.63 bits per heavy atom. The van der Waals surface area contributed by atoms with Crippen molar-refractivity contribution in [2.24, 2.45) is 0 Å². The highest BCUT2D eigenvalue weighted by atomic mass is 32.2. The largest absolute Gasteiger partial charge is 0.466 e. The van der Waals surface area contributed by atoms with Crippen LogP contribution in [0.2, 0.25) is 0 Å². The number of aryl methyl sites for hydroxylation is 1. The lowest BCUT2D eigenvalue weighted by molar-refractivity contribution is -0.143. The number of ether oxygens (including phenoxy) is 1. The lowest BCUT2D eigenvalue weighted by Gasteiger charge is -2.30. The van der Waals surface area contributed by atoms with Gasteiger partial charge in [0.25, 0.3) is 0 Å². The molecule has 0 amide bonds. The molecule has 1 fully saturated rings. The van der Waals surface area contributed by atoms with Crippen LogP contribution in [0.1, 0.15) is 69.9 Å². The van der Waals surface area contributed by atoms with Crippen molar-refractivity contribution in [3.05, 3.63) is 41.0 Å². The zero-order chi connectivity index (χ0) is 21.8. The Labute approximate surface area is 187 Å². The van der Waals surface area contributed by atoms with E-state index >= 15 is 0 Å². The number of rotatable bonds is 12. The lowest BCUT2D eigenvalue weighted by Crippen LogP contribution is -2.39. The maximum absolute atomic E-state index is 11.9. The molecule has 1 aliphatic carbocycles. The maximum Gasteiger partial charge on any atom is 0.307 e.